The van der Waals surface area contributed by atoms with E-state index in [0.29, 0.717) is 16.8 Å². The first-order valence-electron chi connectivity index (χ1n) is 11.5. The fraction of sp³-hybridized carbons (Fsp3) is 0.429. The van der Waals surface area contributed by atoms with Gasteiger partial charge in [0.2, 0.25) is 0 Å². The average Bonchev–Trinajstić information content (AvgIpc) is 3.52. The van der Waals surface area contributed by atoms with Crippen LogP contribution >= 0.6 is 35.2 Å². The third kappa shape index (κ3) is 7.11. The second-order valence-electron chi connectivity index (χ2n) is 8.71. The van der Waals surface area contributed by atoms with Crippen LogP contribution in [0.2, 0.25) is 10.0 Å². The van der Waals surface area contributed by atoms with Crippen molar-refractivity contribution in [1.82, 2.24) is 24.8 Å². The molecule has 0 aliphatic carbocycles. The molecule has 2 aromatic heterocycles. The Balaban J connectivity index is 1.70. The highest BCUT2D eigenvalue weighted by Gasteiger charge is 2.45. The van der Waals surface area contributed by atoms with E-state index in [-0.39, 0.29) is 17.7 Å². The number of nitriles is 1. The van der Waals surface area contributed by atoms with E-state index in [1.165, 1.54) is 6.20 Å². The maximum absolute atomic E-state index is 13.2. The van der Waals surface area contributed by atoms with Crippen molar-refractivity contribution in [1.29, 1.82) is 5.26 Å². The molecule has 1 fully saturated rings. The monoisotopic (exact) mass is 679 g/mol. The maximum Gasteiger partial charge on any atom is 0.533 e. The van der Waals surface area contributed by atoms with Crippen molar-refractivity contribution < 1.29 is 55.7 Å². The number of anilines is 1. The molecule has 3 heterocycles. The van der Waals surface area contributed by atoms with Gasteiger partial charge in [0, 0.05) is 12.0 Å². The number of halogens is 8. The van der Waals surface area contributed by atoms with Crippen LogP contribution < -0.4 is 5.32 Å². The van der Waals surface area contributed by atoms with E-state index in [0.717, 1.165) is 4.68 Å². The summed E-state index contributed by atoms with van der Waals surface area (Å²) in [6, 6.07) is 2.57. The summed E-state index contributed by atoms with van der Waals surface area (Å²) in [6.07, 6.45) is -16.6. The van der Waals surface area contributed by atoms with Gasteiger partial charge in [-0.25, -0.2) is 13.5 Å². The van der Waals surface area contributed by atoms with Gasteiger partial charge in [-0.3, -0.25) is 0 Å². The molecule has 234 valence electrons. The molecule has 4 rings (SSSR count). The van der Waals surface area contributed by atoms with Gasteiger partial charge in [0.15, 0.2) is 11.9 Å². The van der Waals surface area contributed by atoms with Gasteiger partial charge in [0.1, 0.15) is 52.6 Å². The molecule has 5 atom stereocenters. The standard InChI is InChI=1S/C21H17Cl2F6N7O6S/c22-9-1-7(20(24,25)26)2-10(23)13(9)36-18(17(11(3-30)33-36)43-42-21(27,28)29)31-4-8-5-35(34-32-8)19-16(40)15(39)14(38)12(6-37)41-19/h1-2,5,12,14-16,19,31,37-40H,4,6H2/t12-,14-,15+,16-,19-/m1/s1. The van der Waals surface area contributed by atoms with Crippen LogP contribution in [-0.2, 0) is 21.6 Å². The molecule has 0 bridgehead atoms. The van der Waals surface area contributed by atoms with E-state index in [1.807, 2.05) is 0 Å². The number of aliphatic hydroxyl groups excluding tert-OH is 4. The van der Waals surface area contributed by atoms with Crippen LogP contribution in [0, 0.1) is 11.3 Å². The molecule has 1 aliphatic rings. The smallest absolute Gasteiger partial charge is 0.394 e. The summed E-state index contributed by atoms with van der Waals surface area (Å²) in [7, 11) is 0. The van der Waals surface area contributed by atoms with Crippen LogP contribution in [-0.4, -0.2) is 82.6 Å². The quantitative estimate of drug-likeness (QED) is 0.174. The Morgan fingerprint density at radius 1 is 1.09 bits per heavy atom. The molecule has 0 unspecified atom stereocenters. The number of nitrogens with one attached hydrogen (secondary N) is 1. The Labute approximate surface area is 250 Å². The van der Waals surface area contributed by atoms with Gasteiger partial charge >= 0.3 is 12.5 Å². The largest absolute Gasteiger partial charge is 0.533 e. The molecule has 3 aromatic rings. The lowest BCUT2D eigenvalue weighted by atomic mass is 9.98. The number of nitrogens with zero attached hydrogens (tertiary/aromatic N) is 6. The van der Waals surface area contributed by atoms with Crippen LogP contribution in [0.4, 0.5) is 32.2 Å². The Morgan fingerprint density at radius 2 is 1.74 bits per heavy atom. The topological polar surface area (TPSA) is 184 Å². The first-order chi connectivity index (χ1) is 20.1. The third-order valence-electron chi connectivity index (χ3n) is 5.85. The minimum absolute atomic E-state index is 0.0144. The summed E-state index contributed by atoms with van der Waals surface area (Å²) < 4.78 is 89.1. The number of aromatic nitrogens is 5. The van der Waals surface area contributed by atoms with E-state index in [9.17, 15) is 52.0 Å². The lowest BCUT2D eigenvalue weighted by Crippen LogP contribution is -2.56. The molecule has 0 radical (unpaired) electrons. The van der Waals surface area contributed by atoms with Crippen LogP contribution in [0.3, 0.4) is 0 Å². The summed E-state index contributed by atoms with van der Waals surface area (Å²) in [5.41, 5.74) is -2.28. The number of hydrogen-bond acceptors (Lipinski definition) is 12. The fourth-order valence-corrected chi connectivity index (χ4v) is 5.11. The lowest BCUT2D eigenvalue weighted by molar-refractivity contribution is -0.266. The zero-order valence-corrected chi connectivity index (χ0v) is 23.1. The van der Waals surface area contributed by atoms with E-state index < -0.39 is 94.0 Å². The minimum atomic E-state index is -5.17. The van der Waals surface area contributed by atoms with Crippen LogP contribution in [0.5, 0.6) is 0 Å². The average molecular weight is 680 g/mol. The molecule has 0 amide bonds. The number of rotatable bonds is 8. The molecular formula is C21H17Cl2F6N7O6S. The summed E-state index contributed by atoms with van der Waals surface area (Å²) in [5, 5.41) is 62.0. The molecule has 0 saturated carbocycles. The molecule has 1 aromatic carbocycles. The van der Waals surface area contributed by atoms with E-state index in [2.05, 4.69) is 24.9 Å². The molecule has 1 aliphatic heterocycles. The molecular weight excluding hydrogens is 663 g/mol. The zero-order chi connectivity index (χ0) is 31.9. The van der Waals surface area contributed by atoms with Gasteiger partial charge in [0.05, 0.1) is 35.0 Å². The van der Waals surface area contributed by atoms with Crippen molar-refractivity contribution in [2.45, 2.75) is 54.6 Å². The van der Waals surface area contributed by atoms with Crippen molar-refractivity contribution in [3.8, 4) is 11.8 Å². The Morgan fingerprint density at radius 3 is 2.30 bits per heavy atom. The SMILES string of the molecule is N#Cc1nn(-c2c(Cl)cc(C(F)(F)F)cc2Cl)c(NCc2cn([C@@H]3O[C@H](CO)[C@@H](O)[C@H](O)[C@H]3O)nn2)c1SOC(F)(F)F. The lowest BCUT2D eigenvalue weighted by Gasteiger charge is -2.39. The molecule has 13 nitrogen and oxygen atoms in total. The van der Waals surface area contributed by atoms with Crippen molar-refractivity contribution in [2.24, 2.45) is 0 Å². The van der Waals surface area contributed by atoms with E-state index >= 15 is 0 Å². The maximum atomic E-state index is 13.2. The number of benzene rings is 1. The predicted molar refractivity (Wildman–Crippen MR) is 133 cm³/mol. The van der Waals surface area contributed by atoms with Crippen molar-refractivity contribution in [3.63, 3.8) is 0 Å². The Bertz CT molecular complexity index is 1490. The zero-order valence-electron chi connectivity index (χ0n) is 20.8. The van der Waals surface area contributed by atoms with Gasteiger partial charge < -0.3 is 30.5 Å². The van der Waals surface area contributed by atoms with Gasteiger partial charge in [0.25, 0.3) is 0 Å². The second kappa shape index (κ2) is 12.6. The molecule has 5 N–H and O–H groups in total. The number of aliphatic hydroxyl groups is 4. The predicted octanol–water partition coefficient (Wildman–Crippen LogP) is 2.79. The highest BCUT2D eigenvalue weighted by Crippen LogP contribution is 2.42. The van der Waals surface area contributed by atoms with Gasteiger partial charge in [-0.05, 0) is 12.1 Å². The second-order valence-corrected chi connectivity index (χ2v) is 10.3. The van der Waals surface area contributed by atoms with E-state index in [1.54, 1.807) is 6.07 Å². The first-order valence-corrected chi connectivity index (χ1v) is 13.0. The van der Waals surface area contributed by atoms with Crippen LogP contribution in [0.25, 0.3) is 5.69 Å². The van der Waals surface area contributed by atoms with Crippen molar-refractivity contribution in [3.05, 3.63) is 45.3 Å². The number of alkyl halides is 6. The Kier molecular flexibility index (Phi) is 9.70. The molecule has 43 heavy (non-hydrogen) atoms. The van der Waals surface area contributed by atoms with Crippen molar-refractivity contribution in [2.75, 3.05) is 11.9 Å². The Hall–Kier alpha value is -2.87. The van der Waals surface area contributed by atoms with E-state index in [4.69, 9.17) is 27.9 Å². The van der Waals surface area contributed by atoms with Crippen molar-refractivity contribution >= 4 is 41.1 Å². The third-order valence-corrected chi connectivity index (χ3v) is 7.25. The van der Waals surface area contributed by atoms with Crippen LogP contribution in [0.1, 0.15) is 23.2 Å². The molecule has 1 saturated heterocycles. The summed E-state index contributed by atoms with van der Waals surface area (Å²) in [4.78, 5) is -0.548. The summed E-state index contributed by atoms with van der Waals surface area (Å²) in [6.45, 7) is -1.12. The normalized spacial score (nSPS) is 22.9. The highest BCUT2D eigenvalue weighted by atomic mass is 35.5. The molecule has 0 spiro atoms. The summed E-state index contributed by atoms with van der Waals surface area (Å²) in [5.74, 6) is -0.420. The van der Waals surface area contributed by atoms with Gasteiger partial charge in [-0.2, -0.15) is 23.5 Å². The summed E-state index contributed by atoms with van der Waals surface area (Å²) >= 11 is 11.8. The molecule has 22 heteroatoms. The highest BCUT2D eigenvalue weighted by molar-refractivity contribution is 7.95. The van der Waals surface area contributed by atoms with Gasteiger partial charge in [-0.1, -0.05) is 28.4 Å². The number of hydrogen-bond donors (Lipinski definition) is 5. The van der Waals surface area contributed by atoms with Gasteiger partial charge in [-0.15, -0.1) is 18.3 Å². The number of ether oxygens (including phenoxy) is 1. The first kappa shape index (κ1) is 33.0. The minimum Gasteiger partial charge on any atom is -0.394 e. The fourth-order valence-electron chi connectivity index (χ4n) is 3.89. The van der Waals surface area contributed by atoms with Crippen LogP contribution in [0.15, 0.2) is 23.2 Å².